The van der Waals surface area contributed by atoms with Gasteiger partial charge in [-0.25, -0.2) is 9.55 Å². The van der Waals surface area contributed by atoms with Crippen molar-refractivity contribution in [1.82, 2.24) is 14.5 Å². The fourth-order valence-electron chi connectivity index (χ4n) is 2.40. The van der Waals surface area contributed by atoms with E-state index in [0.717, 1.165) is 19.6 Å². The molecule has 0 saturated carbocycles. The zero-order valence-electron chi connectivity index (χ0n) is 10.7. The molecule has 1 aromatic heterocycles. The van der Waals surface area contributed by atoms with Crippen molar-refractivity contribution in [3.8, 4) is 0 Å². The first-order chi connectivity index (χ1) is 8.49. The molecule has 1 aliphatic heterocycles. The molecular weight excluding hydrogens is 234 g/mol. The molecule has 0 aromatic carbocycles. The van der Waals surface area contributed by atoms with Crippen LogP contribution in [0.5, 0.6) is 0 Å². The van der Waals surface area contributed by atoms with Gasteiger partial charge in [-0.15, -0.1) is 0 Å². The Morgan fingerprint density at radius 3 is 2.83 bits per heavy atom. The average Bonchev–Trinajstić information content (AvgIpc) is 2.81. The molecule has 0 amide bonds. The maximum atomic E-state index is 10.8. The van der Waals surface area contributed by atoms with Crippen LogP contribution in [0.3, 0.4) is 0 Å². The summed E-state index contributed by atoms with van der Waals surface area (Å²) in [5.74, 6) is 1.23. The molecule has 1 fully saturated rings. The summed E-state index contributed by atoms with van der Waals surface area (Å²) in [5, 5.41) is 10.8. The number of rotatable bonds is 4. The molecule has 2 atom stereocenters. The molecule has 18 heavy (non-hydrogen) atoms. The van der Waals surface area contributed by atoms with Crippen LogP contribution in [0.1, 0.15) is 12.7 Å². The normalized spacial score (nSPS) is 24.6. The lowest BCUT2D eigenvalue weighted by molar-refractivity contribution is -0.392. The SMILES string of the molecule is Cc1ncc([N+](=O)[O-])n1CCN1CC(C)C(N)C1. The lowest BCUT2D eigenvalue weighted by Crippen LogP contribution is -2.30. The third kappa shape index (κ3) is 2.51. The molecule has 2 heterocycles. The lowest BCUT2D eigenvalue weighted by atomic mass is 10.1. The summed E-state index contributed by atoms with van der Waals surface area (Å²) in [6.45, 7) is 7.10. The molecule has 100 valence electrons. The molecule has 0 radical (unpaired) electrons. The Balaban J connectivity index is 1.98. The van der Waals surface area contributed by atoms with Crippen molar-refractivity contribution >= 4 is 5.82 Å². The fourth-order valence-corrected chi connectivity index (χ4v) is 2.40. The Morgan fingerprint density at radius 2 is 2.28 bits per heavy atom. The second-order valence-electron chi connectivity index (χ2n) is 4.97. The van der Waals surface area contributed by atoms with E-state index in [1.165, 1.54) is 6.20 Å². The molecule has 7 heteroatoms. The quantitative estimate of drug-likeness (QED) is 0.618. The first kappa shape index (κ1) is 13.0. The summed E-state index contributed by atoms with van der Waals surface area (Å²) < 4.78 is 1.65. The van der Waals surface area contributed by atoms with Crippen molar-refractivity contribution in [3.63, 3.8) is 0 Å². The first-order valence-corrected chi connectivity index (χ1v) is 6.13. The highest BCUT2D eigenvalue weighted by atomic mass is 16.6. The number of nitro groups is 1. The molecular formula is C11H19N5O2. The number of nitrogens with two attached hydrogens (primary N) is 1. The summed E-state index contributed by atoms with van der Waals surface area (Å²) in [4.78, 5) is 16.7. The van der Waals surface area contributed by atoms with Crippen LogP contribution in [0, 0.1) is 23.0 Å². The monoisotopic (exact) mass is 253 g/mol. The predicted molar refractivity (Wildman–Crippen MR) is 67.2 cm³/mol. The standard InChI is InChI=1S/C11H19N5O2/c1-8-6-14(7-10(8)12)3-4-15-9(2)13-5-11(15)16(17)18/h5,8,10H,3-4,6-7,12H2,1-2H3. The van der Waals surface area contributed by atoms with E-state index in [-0.39, 0.29) is 11.9 Å². The Hall–Kier alpha value is -1.47. The number of nitrogens with zero attached hydrogens (tertiary/aromatic N) is 4. The smallest absolute Gasteiger partial charge is 0.342 e. The predicted octanol–water partition coefficient (Wildman–Crippen LogP) is 0.379. The Morgan fingerprint density at radius 1 is 1.56 bits per heavy atom. The zero-order chi connectivity index (χ0) is 13.3. The van der Waals surface area contributed by atoms with Gasteiger partial charge in [0.2, 0.25) is 0 Å². The summed E-state index contributed by atoms with van der Waals surface area (Å²) in [6, 6.07) is 0.212. The van der Waals surface area contributed by atoms with Gasteiger partial charge in [0.05, 0.1) is 0 Å². The molecule has 0 spiro atoms. The second kappa shape index (κ2) is 5.03. The number of aromatic nitrogens is 2. The minimum Gasteiger partial charge on any atom is -0.358 e. The van der Waals surface area contributed by atoms with Gasteiger partial charge < -0.3 is 15.8 Å². The number of hydrogen-bond acceptors (Lipinski definition) is 5. The van der Waals surface area contributed by atoms with Crippen molar-refractivity contribution in [2.45, 2.75) is 26.4 Å². The lowest BCUT2D eigenvalue weighted by Gasteiger charge is -2.14. The van der Waals surface area contributed by atoms with E-state index in [1.54, 1.807) is 11.5 Å². The summed E-state index contributed by atoms with van der Waals surface area (Å²) in [6.07, 6.45) is 1.31. The highest BCUT2D eigenvalue weighted by Gasteiger charge is 2.27. The van der Waals surface area contributed by atoms with Gasteiger partial charge in [0.15, 0.2) is 5.82 Å². The van der Waals surface area contributed by atoms with Crippen LogP contribution in [-0.4, -0.2) is 45.1 Å². The van der Waals surface area contributed by atoms with Crippen LogP contribution >= 0.6 is 0 Å². The third-order valence-corrected chi connectivity index (χ3v) is 3.61. The molecule has 7 nitrogen and oxygen atoms in total. The minimum absolute atomic E-state index is 0.0593. The molecule has 1 saturated heterocycles. The van der Waals surface area contributed by atoms with Gasteiger partial charge in [-0.05, 0) is 10.8 Å². The minimum atomic E-state index is -0.391. The highest BCUT2D eigenvalue weighted by Crippen LogP contribution is 2.17. The first-order valence-electron chi connectivity index (χ1n) is 6.13. The maximum absolute atomic E-state index is 10.8. The fraction of sp³-hybridized carbons (Fsp3) is 0.727. The van der Waals surface area contributed by atoms with Gasteiger partial charge in [0, 0.05) is 32.6 Å². The molecule has 1 aromatic rings. The Bertz CT molecular complexity index is 435. The summed E-state index contributed by atoms with van der Waals surface area (Å²) >= 11 is 0. The van der Waals surface area contributed by atoms with Crippen LogP contribution in [0.2, 0.25) is 0 Å². The second-order valence-corrected chi connectivity index (χ2v) is 4.97. The number of likely N-dealkylation sites (tertiary alicyclic amines) is 1. The Kier molecular flexibility index (Phi) is 3.63. The topological polar surface area (TPSA) is 90.2 Å². The molecule has 0 aliphatic carbocycles. The van der Waals surface area contributed by atoms with E-state index in [1.807, 2.05) is 0 Å². The van der Waals surface area contributed by atoms with Crippen molar-refractivity contribution < 1.29 is 4.92 Å². The van der Waals surface area contributed by atoms with E-state index < -0.39 is 4.92 Å². The Labute approximate surface area is 106 Å². The third-order valence-electron chi connectivity index (χ3n) is 3.61. The largest absolute Gasteiger partial charge is 0.358 e. The van der Waals surface area contributed by atoms with Crippen molar-refractivity contribution in [3.05, 3.63) is 22.1 Å². The molecule has 2 rings (SSSR count). The highest BCUT2D eigenvalue weighted by molar-refractivity contribution is 5.18. The van der Waals surface area contributed by atoms with Gasteiger partial charge in [-0.1, -0.05) is 6.92 Å². The number of hydrogen-bond donors (Lipinski definition) is 1. The van der Waals surface area contributed by atoms with Crippen LogP contribution in [0.15, 0.2) is 6.20 Å². The van der Waals surface area contributed by atoms with Crippen LogP contribution < -0.4 is 5.73 Å². The van der Waals surface area contributed by atoms with Gasteiger partial charge in [-0.2, -0.15) is 0 Å². The van der Waals surface area contributed by atoms with E-state index in [2.05, 4.69) is 16.8 Å². The molecule has 1 aliphatic rings. The van der Waals surface area contributed by atoms with Gasteiger partial charge >= 0.3 is 5.82 Å². The van der Waals surface area contributed by atoms with Gasteiger partial charge in [0.1, 0.15) is 12.7 Å². The van der Waals surface area contributed by atoms with Gasteiger partial charge in [-0.3, -0.25) is 4.90 Å². The number of imidazole rings is 1. The van der Waals surface area contributed by atoms with Crippen molar-refractivity contribution in [2.75, 3.05) is 19.6 Å². The maximum Gasteiger partial charge on any atom is 0.342 e. The molecule has 0 bridgehead atoms. The average molecular weight is 253 g/mol. The summed E-state index contributed by atoms with van der Waals surface area (Å²) in [7, 11) is 0. The van der Waals surface area contributed by atoms with Crippen LogP contribution in [-0.2, 0) is 6.54 Å². The van der Waals surface area contributed by atoms with Gasteiger partial charge in [0.25, 0.3) is 0 Å². The van der Waals surface area contributed by atoms with Crippen LogP contribution in [0.4, 0.5) is 5.82 Å². The van der Waals surface area contributed by atoms with Crippen molar-refractivity contribution in [2.24, 2.45) is 11.7 Å². The summed E-state index contributed by atoms with van der Waals surface area (Å²) in [5.41, 5.74) is 5.96. The molecule has 2 unspecified atom stereocenters. The van der Waals surface area contributed by atoms with E-state index >= 15 is 0 Å². The van der Waals surface area contributed by atoms with Crippen LogP contribution in [0.25, 0.3) is 0 Å². The van der Waals surface area contributed by atoms with Crippen molar-refractivity contribution in [1.29, 1.82) is 0 Å². The van der Waals surface area contributed by atoms with E-state index in [9.17, 15) is 10.1 Å². The zero-order valence-corrected chi connectivity index (χ0v) is 10.7. The number of aryl methyl sites for hydroxylation is 1. The molecule has 2 N–H and O–H groups in total. The van der Waals surface area contributed by atoms with E-state index in [0.29, 0.717) is 18.3 Å². The van der Waals surface area contributed by atoms with E-state index in [4.69, 9.17) is 5.73 Å².